The highest BCUT2D eigenvalue weighted by Crippen LogP contribution is 2.39. The Hall–Kier alpha value is -8.35. The minimum atomic E-state index is -1.05. The lowest BCUT2D eigenvalue weighted by Gasteiger charge is -2.09. The number of H-pyrrole nitrogens is 2. The van der Waals surface area contributed by atoms with Crippen LogP contribution in [0.5, 0.6) is 5.75 Å². The van der Waals surface area contributed by atoms with Crippen LogP contribution in [0.2, 0.25) is 0 Å². The number of benzene rings is 4. The average Bonchev–Trinajstić information content (AvgIpc) is 4.15. The normalized spacial score (nSPS) is 11.8. The number of hydrogen-bond donors (Lipinski definition) is 6. The van der Waals surface area contributed by atoms with Gasteiger partial charge in [0.15, 0.2) is 0 Å². The number of ether oxygens (including phenoxy) is 1. The van der Waals surface area contributed by atoms with Crippen LogP contribution >= 0.6 is 0 Å². The van der Waals surface area contributed by atoms with E-state index in [1.165, 1.54) is 0 Å². The van der Waals surface area contributed by atoms with Gasteiger partial charge >= 0.3 is 17.9 Å². The molecule has 0 unspecified atom stereocenters. The fourth-order valence-corrected chi connectivity index (χ4v) is 7.88. The van der Waals surface area contributed by atoms with E-state index in [1.807, 2.05) is 72.8 Å². The number of aliphatic hydroxyl groups excluding tert-OH is 1. The zero-order valence-corrected chi connectivity index (χ0v) is 33.5. The number of fused-ring (bicyclic) bond motifs is 8. The minimum Gasteiger partial charge on any atom is -0.494 e. The molecule has 0 spiro atoms. The van der Waals surface area contributed by atoms with Crippen molar-refractivity contribution in [3.63, 3.8) is 0 Å². The highest BCUT2D eigenvalue weighted by Gasteiger charge is 2.20. The maximum absolute atomic E-state index is 11.9. The van der Waals surface area contributed by atoms with Crippen molar-refractivity contribution >= 4 is 64.3 Å². The van der Waals surface area contributed by atoms with Crippen LogP contribution in [0.3, 0.4) is 0 Å². The highest BCUT2D eigenvalue weighted by atomic mass is 16.5. The maximum Gasteiger partial charge on any atom is 0.335 e. The summed E-state index contributed by atoms with van der Waals surface area (Å²) in [7, 11) is 0. The van der Waals surface area contributed by atoms with Crippen LogP contribution in [0.15, 0.2) is 121 Å². The molecule has 2 aliphatic rings. The molecule has 6 N–H and O–H groups in total. The Morgan fingerprint density at radius 2 is 0.730 bits per heavy atom. The van der Waals surface area contributed by atoms with Gasteiger partial charge in [-0.25, -0.2) is 24.4 Å². The van der Waals surface area contributed by atoms with Crippen molar-refractivity contribution in [1.29, 1.82) is 0 Å². The Kier molecular flexibility index (Phi) is 10.8. The molecule has 5 heterocycles. The number of rotatable bonds is 12. The van der Waals surface area contributed by atoms with Gasteiger partial charge in [0.25, 0.3) is 0 Å². The summed E-state index contributed by atoms with van der Waals surface area (Å²) in [6.45, 7) is 0.571. The number of aromatic amines is 2. The van der Waals surface area contributed by atoms with E-state index in [9.17, 15) is 34.8 Å². The van der Waals surface area contributed by atoms with Gasteiger partial charge in [-0.2, -0.15) is 0 Å². The smallest absolute Gasteiger partial charge is 0.335 e. The zero-order valence-electron chi connectivity index (χ0n) is 33.5. The first kappa shape index (κ1) is 40.1. The van der Waals surface area contributed by atoms with Crippen LogP contribution in [-0.4, -0.2) is 71.5 Å². The molecule has 0 atom stereocenters. The molecule has 0 fully saturated rings. The molecule has 4 aromatic carbocycles. The summed E-state index contributed by atoms with van der Waals surface area (Å²) in [6, 6.07) is 35.4. The number of aromatic nitrogens is 4. The van der Waals surface area contributed by atoms with E-state index in [1.54, 1.807) is 72.8 Å². The molecule has 0 amide bonds. The number of carboxylic acid groups (broad SMARTS) is 3. The molecule has 12 nitrogen and oxygen atoms in total. The zero-order chi connectivity index (χ0) is 43.6. The number of nitrogens with zero attached hydrogens (tertiary/aromatic N) is 2. The summed E-state index contributed by atoms with van der Waals surface area (Å²) in [6.07, 6.45) is 9.04. The molecule has 3 aromatic heterocycles. The molecule has 8 bridgehead atoms. The molecule has 2 aliphatic heterocycles. The lowest BCUT2D eigenvalue weighted by atomic mass is 10.0. The Morgan fingerprint density at radius 1 is 0.429 bits per heavy atom. The number of carboxylic acids is 3. The monoisotopic (exact) mass is 834 g/mol. The summed E-state index contributed by atoms with van der Waals surface area (Å²) in [5.41, 5.74) is 11.6. The minimum absolute atomic E-state index is 0.102. The second-order valence-corrected chi connectivity index (χ2v) is 15.0. The predicted molar refractivity (Wildman–Crippen MR) is 243 cm³/mol. The van der Waals surface area contributed by atoms with Gasteiger partial charge < -0.3 is 35.1 Å². The summed E-state index contributed by atoms with van der Waals surface area (Å²) in [5.74, 6) is -2.45. The topological polar surface area (TPSA) is 199 Å². The van der Waals surface area contributed by atoms with E-state index in [4.69, 9.17) is 14.7 Å². The fourth-order valence-electron chi connectivity index (χ4n) is 7.88. The third-order valence-corrected chi connectivity index (χ3v) is 11.0. The summed E-state index contributed by atoms with van der Waals surface area (Å²) < 4.78 is 5.96. The van der Waals surface area contributed by atoms with Crippen molar-refractivity contribution in [3.05, 3.63) is 161 Å². The molecule has 7 aromatic rings. The van der Waals surface area contributed by atoms with Crippen molar-refractivity contribution in [3.8, 4) is 50.3 Å². The Morgan fingerprint density at radius 3 is 1.02 bits per heavy atom. The number of hydrogen-bond acceptors (Lipinski definition) is 7. The van der Waals surface area contributed by atoms with Crippen molar-refractivity contribution in [1.82, 2.24) is 19.9 Å². The van der Waals surface area contributed by atoms with E-state index in [0.29, 0.717) is 80.4 Å². The molecule has 0 radical (unpaired) electrons. The lowest BCUT2D eigenvalue weighted by Crippen LogP contribution is -1.98. The van der Waals surface area contributed by atoms with E-state index in [-0.39, 0.29) is 23.3 Å². The molecular formula is C51H38N4O8. The largest absolute Gasteiger partial charge is 0.494 e. The van der Waals surface area contributed by atoms with Gasteiger partial charge in [-0.1, -0.05) is 48.5 Å². The number of carbonyl (C=O) groups is 3. The fraction of sp³-hybridized carbons (Fsp3) is 0.0784. The quantitative estimate of drug-likeness (QED) is 0.0644. The molecular weight excluding hydrogens is 797 g/mol. The highest BCUT2D eigenvalue weighted by molar-refractivity contribution is 6.01. The first-order chi connectivity index (χ1) is 30.6. The van der Waals surface area contributed by atoms with Crippen LogP contribution in [-0.2, 0) is 0 Å². The van der Waals surface area contributed by atoms with E-state index in [0.717, 1.165) is 34.2 Å². The molecule has 0 saturated heterocycles. The molecule has 310 valence electrons. The van der Waals surface area contributed by atoms with Crippen molar-refractivity contribution in [2.24, 2.45) is 0 Å². The summed E-state index contributed by atoms with van der Waals surface area (Å²) in [4.78, 5) is 53.4. The third kappa shape index (κ3) is 8.01. The van der Waals surface area contributed by atoms with Gasteiger partial charge in [0, 0.05) is 50.9 Å². The van der Waals surface area contributed by atoms with Crippen LogP contribution in [0, 0.1) is 0 Å². The number of aromatic carboxylic acids is 3. The standard InChI is InChI=1S/C51H38N4O8/c56-27-1-2-28-63-36-17-15-32(16-18-36)48-43-25-23-41(54-43)46(30-5-11-34(12-6-30)50(59)60)39-21-19-37(52-39)45(29-3-9-33(10-4-29)49(57)58)38-20-22-40(53-38)47(42-24-26-44(48)55-42)31-7-13-35(14-8-31)51(61)62/h3-26,52,55-56H,1-2,27-28H2,(H,57,58)(H,59,60)(H,61,62). The van der Waals surface area contributed by atoms with Gasteiger partial charge in [0.1, 0.15) is 5.75 Å². The second-order valence-electron chi connectivity index (χ2n) is 15.0. The third-order valence-electron chi connectivity index (χ3n) is 11.0. The number of nitrogens with one attached hydrogen (secondary N) is 2. The predicted octanol–water partition coefficient (Wildman–Crippen LogP) is 10.6. The van der Waals surface area contributed by atoms with E-state index in [2.05, 4.69) is 9.97 Å². The SMILES string of the molecule is O=C(O)c1ccc(-c2c3nc(c(-c4ccc(C(=O)O)cc4)c4ccc([nH]4)c(-c4ccc(C(=O)O)cc4)c4nc(c(-c5ccc(OCCCCO)cc5)c5ccc2[nH]5)C=C4)C=C3)cc1. The Balaban J connectivity index is 1.37. The summed E-state index contributed by atoms with van der Waals surface area (Å²) in [5, 5.41) is 38.4. The molecule has 9 rings (SSSR count). The van der Waals surface area contributed by atoms with Gasteiger partial charge in [-0.3, -0.25) is 0 Å². The van der Waals surface area contributed by atoms with Crippen molar-refractivity contribution in [2.75, 3.05) is 13.2 Å². The van der Waals surface area contributed by atoms with Crippen LogP contribution in [0.25, 0.3) is 90.9 Å². The molecule has 12 heteroatoms. The van der Waals surface area contributed by atoms with Gasteiger partial charge in [0.05, 0.1) is 46.1 Å². The van der Waals surface area contributed by atoms with Gasteiger partial charge in [-0.15, -0.1) is 0 Å². The van der Waals surface area contributed by atoms with Crippen LogP contribution in [0.1, 0.15) is 66.7 Å². The van der Waals surface area contributed by atoms with Gasteiger partial charge in [-0.05, 0) is 132 Å². The molecule has 63 heavy (non-hydrogen) atoms. The molecule has 0 aliphatic carbocycles. The lowest BCUT2D eigenvalue weighted by molar-refractivity contribution is 0.0686. The van der Waals surface area contributed by atoms with Crippen molar-refractivity contribution in [2.45, 2.75) is 12.8 Å². The van der Waals surface area contributed by atoms with E-state index < -0.39 is 17.9 Å². The second kappa shape index (κ2) is 17.0. The number of aliphatic hydroxyl groups is 1. The number of unbranched alkanes of at least 4 members (excludes halogenated alkanes) is 1. The van der Waals surface area contributed by atoms with Crippen LogP contribution in [0.4, 0.5) is 0 Å². The van der Waals surface area contributed by atoms with Gasteiger partial charge in [0.2, 0.25) is 0 Å². The van der Waals surface area contributed by atoms with E-state index >= 15 is 0 Å². The van der Waals surface area contributed by atoms with Crippen molar-refractivity contribution < 1.29 is 39.5 Å². The molecule has 0 saturated carbocycles. The summed E-state index contributed by atoms with van der Waals surface area (Å²) >= 11 is 0. The Labute approximate surface area is 359 Å². The maximum atomic E-state index is 11.9. The first-order valence-corrected chi connectivity index (χ1v) is 20.2. The average molecular weight is 835 g/mol. The first-order valence-electron chi connectivity index (χ1n) is 20.2. The Bertz CT molecular complexity index is 3110. The van der Waals surface area contributed by atoms with Crippen LogP contribution < -0.4 is 4.74 Å².